The average Bonchev–Trinajstić information content (AvgIpc) is 3.10. The normalized spacial score (nSPS) is 22.5. The maximum atomic E-state index is 12.9. The van der Waals surface area contributed by atoms with Crippen LogP contribution in [0.3, 0.4) is 0 Å². The maximum Gasteiger partial charge on any atom is 0.235 e. The van der Waals surface area contributed by atoms with Crippen molar-refractivity contribution in [3.8, 4) is 5.75 Å². The Kier molecular flexibility index (Phi) is 7.22. The molecule has 1 amide bonds. The van der Waals surface area contributed by atoms with Gasteiger partial charge in [-0.05, 0) is 81.4 Å². The third-order valence-electron chi connectivity index (χ3n) is 8.15. The number of fused-ring (bicyclic) bond motifs is 2. The zero-order valence-electron chi connectivity index (χ0n) is 22.0. The molecular formula is C29H37ClN4O3. The lowest BCUT2D eigenvalue weighted by Gasteiger charge is -2.42. The molecule has 8 heteroatoms. The number of likely N-dealkylation sites (tertiary alicyclic amines) is 1. The van der Waals surface area contributed by atoms with E-state index in [-0.39, 0.29) is 24.0 Å². The van der Waals surface area contributed by atoms with Crippen molar-refractivity contribution in [3.63, 3.8) is 0 Å². The lowest BCUT2D eigenvalue weighted by atomic mass is 9.73. The summed E-state index contributed by atoms with van der Waals surface area (Å²) in [4.78, 5) is 22.2. The Morgan fingerprint density at radius 2 is 2.05 bits per heavy atom. The molecule has 3 heterocycles. The lowest BCUT2D eigenvalue weighted by molar-refractivity contribution is -0.122. The van der Waals surface area contributed by atoms with Crippen molar-refractivity contribution in [1.29, 1.82) is 0 Å². The van der Waals surface area contributed by atoms with E-state index in [4.69, 9.17) is 21.3 Å². The molecule has 7 nitrogen and oxygen atoms in total. The summed E-state index contributed by atoms with van der Waals surface area (Å²) in [5.74, 6) is 2.02. The first kappa shape index (κ1) is 26.0. The van der Waals surface area contributed by atoms with Crippen molar-refractivity contribution in [2.75, 3.05) is 36.5 Å². The molecule has 5 rings (SSSR count). The minimum absolute atomic E-state index is 0.0910. The molecule has 1 saturated heterocycles. The monoisotopic (exact) mass is 524 g/mol. The topological polar surface area (TPSA) is 77.9 Å². The smallest absolute Gasteiger partial charge is 0.235 e. The first-order valence-corrected chi connectivity index (χ1v) is 13.6. The number of aromatic nitrogens is 1. The van der Waals surface area contributed by atoms with E-state index in [0.717, 1.165) is 79.4 Å². The van der Waals surface area contributed by atoms with Gasteiger partial charge in [0.1, 0.15) is 18.2 Å². The fourth-order valence-electron chi connectivity index (χ4n) is 5.93. The van der Waals surface area contributed by atoms with Crippen LogP contribution in [0.25, 0.3) is 0 Å². The summed E-state index contributed by atoms with van der Waals surface area (Å²) in [7, 11) is 0. The third-order valence-corrected chi connectivity index (χ3v) is 8.39. The maximum absolute atomic E-state index is 12.9. The first-order valence-electron chi connectivity index (χ1n) is 13.3. The van der Waals surface area contributed by atoms with Gasteiger partial charge in [0.05, 0.1) is 17.7 Å². The van der Waals surface area contributed by atoms with Gasteiger partial charge < -0.3 is 20.1 Å². The van der Waals surface area contributed by atoms with Gasteiger partial charge in [0.15, 0.2) is 0 Å². The van der Waals surface area contributed by atoms with Crippen molar-refractivity contribution in [3.05, 3.63) is 58.9 Å². The Balaban J connectivity index is 1.20. The zero-order chi connectivity index (χ0) is 26.3. The fourth-order valence-corrected chi connectivity index (χ4v) is 6.10. The van der Waals surface area contributed by atoms with Crippen LogP contribution in [0, 0.1) is 0 Å². The summed E-state index contributed by atoms with van der Waals surface area (Å²) in [6.07, 6.45) is 4.57. The molecule has 198 valence electrons. The number of hydrogen-bond acceptors (Lipinski definition) is 6. The van der Waals surface area contributed by atoms with Crippen molar-refractivity contribution < 1.29 is 14.6 Å². The Hall–Kier alpha value is -2.61. The number of ether oxygens (including phenoxy) is 1. The van der Waals surface area contributed by atoms with E-state index in [1.54, 1.807) is 6.20 Å². The number of carbonyl (C=O) groups is 1. The molecule has 2 aromatic rings. The quantitative estimate of drug-likeness (QED) is 0.501. The highest BCUT2D eigenvalue weighted by Crippen LogP contribution is 2.45. The average molecular weight is 525 g/mol. The highest BCUT2D eigenvalue weighted by Gasteiger charge is 2.48. The van der Waals surface area contributed by atoms with Crippen LogP contribution in [0.15, 0.2) is 42.7 Å². The van der Waals surface area contributed by atoms with Crippen molar-refractivity contribution in [1.82, 2.24) is 9.88 Å². The summed E-state index contributed by atoms with van der Waals surface area (Å²) in [5, 5.41) is 13.5. The number of pyridine rings is 1. The molecule has 1 spiro atoms. The Morgan fingerprint density at radius 3 is 2.70 bits per heavy atom. The second-order valence-electron chi connectivity index (χ2n) is 11.0. The Bertz CT molecular complexity index is 1190. The number of carbonyl (C=O) groups excluding carboxylic acids is 1. The summed E-state index contributed by atoms with van der Waals surface area (Å²) in [6.45, 7) is 13.5. The summed E-state index contributed by atoms with van der Waals surface area (Å²) >= 11 is 6.25. The van der Waals surface area contributed by atoms with Crippen LogP contribution in [-0.4, -0.2) is 59.3 Å². The van der Waals surface area contributed by atoms with Crippen LogP contribution in [0.1, 0.15) is 63.5 Å². The van der Waals surface area contributed by atoms with Crippen molar-refractivity contribution in [2.24, 2.45) is 0 Å². The number of amides is 1. The number of piperidine rings is 1. The van der Waals surface area contributed by atoms with Gasteiger partial charge in [-0.25, -0.2) is 4.98 Å². The number of rotatable bonds is 8. The molecule has 0 radical (unpaired) electrons. The largest absolute Gasteiger partial charge is 0.491 e. The van der Waals surface area contributed by atoms with E-state index < -0.39 is 5.41 Å². The Labute approximate surface area is 224 Å². The number of benzene rings is 1. The number of halogens is 1. The molecule has 0 atom stereocenters. The highest BCUT2D eigenvalue weighted by atomic mass is 35.5. The minimum Gasteiger partial charge on any atom is -0.491 e. The van der Waals surface area contributed by atoms with Crippen LogP contribution >= 0.6 is 11.6 Å². The van der Waals surface area contributed by atoms with E-state index in [1.807, 2.05) is 25.1 Å². The molecule has 2 fully saturated rings. The second-order valence-corrected chi connectivity index (χ2v) is 11.5. The van der Waals surface area contributed by atoms with E-state index >= 15 is 0 Å². The number of nitrogens with one attached hydrogen (secondary N) is 1. The molecule has 1 aromatic heterocycles. The molecule has 2 aliphatic heterocycles. The van der Waals surface area contributed by atoms with Crippen LogP contribution in [0.5, 0.6) is 5.75 Å². The van der Waals surface area contributed by atoms with E-state index in [0.29, 0.717) is 11.6 Å². The first-order chi connectivity index (χ1) is 17.7. The number of nitrogens with zero attached hydrogens (tertiary/aromatic N) is 3. The van der Waals surface area contributed by atoms with Gasteiger partial charge in [-0.2, -0.15) is 0 Å². The van der Waals surface area contributed by atoms with Crippen molar-refractivity contribution >= 4 is 29.0 Å². The van der Waals surface area contributed by atoms with E-state index in [9.17, 15) is 9.90 Å². The molecule has 3 aliphatic rings. The number of anilines is 2. The highest BCUT2D eigenvalue weighted by molar-refractivity contribution is 6.31. The van der Waals surface area contributed by atoms with Crippen LogP contribution < -0.4 is 15.0 Å². The predicted molar refractivity (Wildman–Crippen MR) is 148 cm³/mol. The standard InChI is InChI=1S/C29H37ClN4O3/c1-18(2)24-16-23(17-31-27(24)34(19(3)4)21-14-22(35)15-21)37-12-11-33-9-7-29(8-10-33)25-13-20(30)5-6-26(25)32-28(29)36/h5-6,13,16-18,21-22,35H,3,7-12,14-15H2,1-2,4H3,(H,32,36). The number of aliphatic hydroxyl groups is 1. The van der Waals surface area contributed by atoms with Crippen LogP contribution in [0.2, 0.25) is 5.02 Å². The predicted octanol–water partition coefficient (Wildman–Crippen LogP) is 5.09. The summed E-state index contributed by atoms with van der Waals surface area (Å²) in [6, 6.07) is 7.99. The van der Waals surface area contributed by atoms with Crippen LogP contribution in [-0.2, 0) is 10.2 Å². The SMILES string of the molecule is C=C(C)N(c1ncc(OCCN2CCC3(CC2)C(=O)Nc2ccc(Cl)cc23)cc1C(C)C)C1CC(O)C1. The molecule has 0 unspecified atom stereocenters. The second kappa shape index (κ2) is 10.3. The van der Waals surface area contributed by atoms with Crippen molar-refractivity contribution in [2.45, 2.75) is 69.9 Å². The molecule has 0 bridgehead atoms. The Morgan fingerprint density at radius 1 is 1.32 bits per heavy atom. The van der Waals surface area contributed by atoms with Gasteiger partial charge in [0.2, 0.25) is 5.91 Å². The summed E-state index contributed by atoms with van der Waals surface area (Å²) < 4.78 is 6.14. The minimum atomic E-state index is -0.477. The van der Waals surface area contributed by atoms with Gasteiger partial charge in [-0.1, -0.05) is 32.0 Å². The number of hydrogen-bond donors (Lipinski definition) is 2. The molecule has 1 saturated carbocycles. The van der Waals surface area contributed by atoms with Gasteiger partial charge in [-0.3, -0.25) is 9.69 Å². The third kappa shape index (κ3) is 4.97. The summed E-state index contributed by atoms with van der Waals surface area (Å²) in [5.41, 5.74) is 3.50. The fraction of sp³-hybridized carbons (Fsp3) is 0.517. The van der Waals surface area contributed by atoms with E-state index in [2.05, 4.69) is 41.6 Å². The van der Waals surface area contributed by atoms with Gasteiger partial charge in [0.25, 0.3) is 0 Å². The molecule has 37 heavy (non-hydrogen) atoms. The number of allylic oxidation sites excluding steroid dienone is 1. The molecule has 1 aliphatic carbocycles. The zero-order valence-corrected chi connectivity index (χ0v) is 22.7. The van der Waals surface area contributed by atoms with Crippen LogP contribution in [0.4, 0.5) is 11.5 Å². The number of aliphatic hydroxyl groups excluding tert-OH is 1. The van der Waals surface area contributed by atoms with Gasteiger partial charge in [0, 0.05) is 34.6 Å². The van der Waals surface area contributed by atoms with Gasteiger partial charge in [-0.15, -0.1) is 0 Å². The molecule has 2 N–H and O–H groups in total. The van der Waals surface area contributed by atoms with Gasteiger partial charge >= 0.3 is 0 Å². The lowest BCUT2D eigenvalue weighted by Crippen LogP contribution is -2.47. The van der Waals surface area contributed by atoms with E-state index in [1.165, 1.54) is 0 Å². The molecular weight excluding hydrogens is 488 g/mol. The molecule has 1 aromatic carbocycles.